The van der Waals surface area contributed by atoms with E-state index < -0.39 is 27.2 Å². The Morgan fingerprint density at radius 1 is 1.15 bits per heavy atom. The number of alkyl halides is 3. The van der Waals surface area contributed by atoms with Crippen molar-refractivity contribution in [1.82, 2.24) is 4.72 Å². The van der Waals surface area contributed by atoms with Crippen molar-refractivity contribution in [3.05, 3.63) is 29.8 Å². The highest BCUT2D eigenvalue weighted by atomic mass is 80.0. The number of hydrogen-bond acceptors (Lipinski definition) is 5. The number of nitrogens with one attached hydrogen (secondary N) is 1. The predicted molar refractivity (Wildman–Crippen MR) is 85.4 cm³/mol. The molecule has 1 N–H and O–H groups in total. The maximum Gasteiger partial charge on any atom is 0.264 e. The summed E-state index contributed by atoms with van der Waals surface area (Å²) in [6.45, 7) is 0. The van der Waals surface area contributed by atoms with Gasteiger partial charge < -0.3 is 0 Å². The summed E-state index contributed by atoms with van der Waals surface area (Å²) in [6, 6.07) is 5.00. The molecule has 1 aromatic rings. The molecule has 0 spiro atoms. The normalized spacial score (nSPS) is 13.0. The van der Waals surface area contributed by atoms with Crippen LogP contribution in [0.3, 0.4) is 0 Å². The van der Waals surface area contributed by atoms with Crippen molar-refractivity contribution in [1.29, 1.82) is 0 Å². The van der Waals surface area contributed by atoms with Crippen LogP contribution in [-0.2, 0) is 19.9 Å². The van der Waals surface area contributed by atoms with Gasteiger partial charge in [0.15, 0.2) is 0 Å². The first-order chi connectivity index (χ1) is 8.84. The second kappa shape index (κ2) is 6.03. The van der Waals surface area contributed by atoms with Gasteiger partial charge in [-0.2, -0.15) is 0 Å². The molecule has 0 unspecified atom stereocenters. The Labute approximate surface area is 141 Å². The number of hydrogen-bond donors (Lipinski definition) is 1. The zero-order valence-corrected chi connectivity index (χ0v) is 16.2. The van der Waals surface area contributed by atoms with Gasteiger partial charge in [0.2, 0.25) is 21.3 Å². The molecule has 0 aliphatic rings. The van der Waals surface area contributed by atoms with Crippen LogP contribution in [0.4, 0.5) is 0 Å². The van der Waals surface area contributed by atoms with E-state index in [-0.39, 0.29) is 10.5 Å². The van der Waals surface area contributed by atoms with Crippen LogP contribution < -0.4 is 4.72 Å². The average molecular weight is 514 g/mol. The van der Waals surface area contributed by atoms with Crippen molar-refractivity contribution in [2.75, 3.05) is 6.26 Å². The van der Waals surface area contributed by atoms with Crippen molar-refractivity contribution in [3.63, 3.8) is 0 Å². The SMILES string of the molecule is CS(=O)(=O)NC(=O)c1cccc(S(=O)(=O)C(Br)(Br)Br)c1. The molecule has 0 bridgehead atoms. The number of carbonyl (C=O) groups excluding carboxylic acids is 1. The predicted octanol–water partition coefficient (Wildman–Crippen LogP) is 1.95. The summed E-state index contributed by atoms with van der Waals surface area (Å²) in [4.78, 5) is 11.5. The number of amides is 1. The number of sulfone groups is 1. The van der Waals surface area contributed by atoms with Gasteiger partial charge in [-0.3, -0.25) is 4.79 Å². The molecule has 1 aromatic carbocycles. The van der Waals surface area contributed by atoms with E-state index in [1.165, 1.54) is 18.2 Å². The van der Waals surface area contributed by atoms with Crippen molar-refractivity contribution in [2.24, 2.45) is 0 Å². The molecule has 20 heavy (non-hydrogen) atoms. The van der Waals surface area contributed by atoms with Crippen LogP contribution in [0, 0.1) is 0 Å². The molecular weight excluding hydrogens is 506 g/mol. The Kier molecular flexibility index (Phi) is 5.45. The first kappa shape index (κ1) is 18.1. The molecule has 112 valence electrons. The van der Waals surface area contributed by atoms with E-state index in [1.807, 2.05) is 0 Å². The smallest absolute Gasteiger partial charge is 0.264 e. The summed E-state index contributed by atoms with van der Waals surface area (Å²) < 4.78 is 46.4. The largest absolute Gasteiger partial charge is 0.268 e. The lowest BCUT2D eigenvalue weighted by Crippen LogP contribution is -2.29. The third-order valence-corrected chi connectivity index (χ3v) is 7.87. The van der Waals surface area contributed by atoms with Gasteiger partial charge in [-0.25, -0.2) is 21.6 Å². The van der Waals surface area contributed by atoms with E-state index in [9.17, 15) is 21.6 Å². The fraction of sp³-hybridized carbons (Fsp3) is 0.222. The van der Waals surface area contributed by atoms with Crippen LogP contribution in [0.25, 0.3) is 0 Å². The summed E-state index contributed by atoms with van der Waals surface area (Å²) in [7, 11) is -7.58. The Morgan fingerprint density at radius 3 is 2.15 bits per heavy atom. The lowest BCUT2D eigenvalue weighted by atomic mass is 10.2. The van der Waals surface area contributed by atoms with Gasteiger partial charge >= 0.3 is 0 Å². The third-order valence-electron chi connectivity index (χ3n) is 1.99. The summed E-state index contributed by atoms with van der Waals surface area (Å²) in [5.74, 6) is -0.908. The van der Waals surface area contributed by atoms with Crippen molar-refractivity contribution < 1.29 is 21.6 Å². The molecule has 0 radical (unpaired) electrons. The molecule has 6 nitrogen and oxygen atoms in total. The highest BCUT2D eigenvalue weighted by Crippen LogP contribution is 2.43. The maximum absolute atomic E-state index is 12.1. The topological polar surface area (TPSA) is 97.4 Å². The fourth-order valence-electron chi connectivity index (χ4n) is 1.17. The van der Waals surface area contributed by atoms with Crippen LogP contribution in [0.1, 0.15) is 10.4 Å². The summed E-state index contributed by atoms with van der Waals surface area (Å²) >= 11 is 8.69. The molecule has 0 heterocycles. The van der Waals surface area contributed by atoms with Crippen molar-refractivity contribution >= 4 is 73.6 Å². The summed E-state index contributed by atoms with van der Waals surface area (Å²) in [6.07, 6.45) is 0.825. The minimum absolute atomic E-state index is 0.0896. The number of sulfonamides is 1. The molecule has 0 atom stereocenters. The monoisotopic (exact) mass is 511 g/mol. The van der Waals surface area contributed by atoms with E-state index in [1.54, 1.807) is 4.72 Å². The second-order valence-electron chi connectivity index (χ2n) is 3.68. The highest BCUT2D eigenvalue weighted by molar-refractivity contribution is 9.42. The average Bonchev–Trinajstić information content (AvgIpc) is 2.25. The van der Waals surface area contributed by atoms with Crippen molar-refractivity contribution in [2.45, 2.75) is 6.37 Å². The minimum atomic E-state index is -3.86. The van der Waals surface area contributed by atoms with Gasteiger partial charge in [0.05, 0.1) is 11.2 Å². The summed E-state index contributed by atoms with van der Waals surface area (Å²) in [5, 5.41) is 0. The quantitative estimate of drug-likeness (QED) is 0.623. The van der Waals surface area contributed by atoms with Crippen molar-refractivity contribution in [3.8, 4) is 0 Å². The van der Waals surface area contributed by atoms with Crippen LogP contribution in [0.2, 0.25) is 0 Å². The molecule has 0 aliphatic heterocycles. The molecule has 1 amide bonds. The number of halogens is 3. The van der Waals surface area contributed by atoms with E-state index in [0.717, 1.165) is 12.3 Å². The second-order valence-corrected chi connectivity index (χ2v) is 15.9. The Hall–Kier alpha value is 0.0300. The Morgan fingerprint density at radius 2 is 1.70 bits per heavy atom. The Balaban J connectivity index is 3.26. The lowest BCUT2D eigenvalue weighted by Gasteiger charge is -2.14. The summed E-state index contributed by atoms with van der Waals surface area (Å²) in [5.41, 5.74) is -0.0896. The van der Waals surface area contributed by atoms with Gasteiger partial charge in [0, 0.05) is 5.56 Å². The van der Waals surface area contributed by atoms with Crippen LogP contribution in [0.5, 0.6) is 0 Å². The number of benzene rings is 1. The van der Waals surface area contributed by atoms with Gasteiger partial charge in [0.25, 0.3) is 5.91 Å². The van der Waals surface area contributed by atoms with E-state index in [0.29, 0.717) is 0 Å². The number of rotatable bonds is 3. The standard InChI is InChI=1S/C9H8Br3NO5S2/c1-19(15,16)13-8(14)6-3-2-4-7(5-6)20(17,18)9(10,11)12/h2-5H,1H3,(H,13,14). The van der Waals surface area contributed by atoms with Crippen LogP contribution in [0.15, 0.2) is 29.2 Å². The van der Waals surface area contributed by atoms with E-state index >= 15 is 0 Å². The zero-order chi connectivity index (χ0) is 15.8. The van der Waals surface area contributed by atoms with Gasteiger partial charge in [0.1, 0.15) is 0 Å². The molecule has 0 saturated heterocycles. The Bertz CT molecular complexity index is 737. The zero-order valence-electron chi connectivity index (χ0n) is 9.80. The first-order valence-corrected chi connectivity index (χ1v) is 10.5. The van der Waals surface area contributed by atoms with Crippen LogP contribution in [-0.4, -0.2) is 30.5 Å². The third kappa shape index (κ3) is 4.52. The lowest BCUT2D eigenvalue weighted by molar-refractivity contribution is 0.0981. The number of carbonyl (C=O) groups is 1. The van der Waals surface area contributed by atoms with Gasteiger partial charge in [-0.15, -0.1) is 0 Å². The highest BCUT2D eigenvalue weighted by Gasteiger charge is 2.37. The molecule has 0 aromatic heterocycles. The van der Waals surface area contributed by atoms with Gasteiger partial charge in [-0.1, -0.05) is 6.07 Å². The minimum Gasteiger partial charge on any atom is -0.268 e. The van der Waals surface area contributed by atoms with Gasteiger partial charge in [-0.05, 0) is 66.0 Å². The first-order valence-electron chi connectivity index (χ1n) is 4.78. The van der Waals surface area contributed by atoms with E-state index in [4.69, 9.17) is 0 Å². The molecule has 0 fully saturated rings. The molecular formula is C9H8Br3NO5S2. The maximum atomic E-state index is 12.1. The fourth-order valence-corrected chi connectivity index (χ4v) is 4.11. The molecule has 0 aliphatic carbocycles. The molecule has 11 heteroatoms. The molecule has 0 saturated carbocycles. The molecule has 1 rings (SSSR count). The van der Waals surface area contributed by atoms with Crippen LogP contribution >= 0.6 is 47.8 Å². The van der Waals surface area contributed by atoms with E-state index in [2.05, 4.69) is 47.8 Å².